The molecule has 1 heterocycles. The number of nitrogens with two attached hydrogens (primary N) is 3. The summed E-state index contributed by atoms with van der Waals surface area (Å²) in [6.45, 7) is 3.68. The van der Waals surface area contributed by atoms with Gasteiger partial charge in [0.15, 0.2) is 11.5 Å². The molecule has 0 unspecified atom stereocenters. The van der Waals surface area contributed by atoms with Crippen molar-refractivity contribution < 1.29 is 9.59 Å². The van der Waals surface area contributed by atoms with Gasteiger partial charge in [-0.15, -0.1) is 0 Å². The first-order valence-corrected chi connectivity index (χ1v) is 7.77. The molecule has 24 heavy (non-hydrogen) atoms. The number of hydrogen-bond acceptors (Lipinski definition) is 7. The summed E-state index contributed by atoms with van der Waals surface area (Å²) in [6.07, 6.45) is 3.97. The molecule has 0 fully saturated rings. The molecule has 0 aliphatic carbocycles. The van der Waals surface area contributed by atoms with Crippen molar-refractivity contribution in [1.82, 2.24) is 9.97 Å². The fourth-order valence-corrected chi connectivity index (χ4v) is 1.97. The second-order valence-corrected chi connectivity index (χ2v) is 5.38. The van der Waals surface area contributed by atoms with Crippen LogP contribution in [0.15, 0.2) is 23.0 Å². The third-order valence-corrected chi connectivity index (χ3v) is 3.27. The maximum absolute atomic E-state index is 11.5. The second-order valence-electron chi connectivity index (χ2n) is 4.87. The molecule has 2 amide bonds. The largest absolute Gasteiger partial charge is 0.402 e. The number of aromatic nitrogens is 2. The lowest BCUT2D eigenvalue weighted by Crippen LogP contribution is -2.35. The minimum atomic E-state index is -0.776. The van der Waals surface area contributed by atoms with E-state index in [2.05, 4.69) is 32.9 Å². The lowest BCUT2D eigenvalue weighted by Gasteiger charge is -2.14. The summed E-state index contributed by atoms with van der Waals surface area (Å²) >= 11 is 3.29. The molecule has 1 atom stereocenters. The normalized spacial score (nSPS) is 13.5. The molecule has 10 heteroatoms. The summed E-state index contributed by atoms with van der Waals surface area (Å²) in [5, 5.41) is 3.19. The number of anilines is 1. The van der Waals surface area contributed by atoms with Gasteiger partial charge in [-0.25, -0.2) is 9.97 Å². The number of amides is 2. The molecule has 9 nitrogen and oxygen atoms in total. The van der Waals surface area contributed by atoms with Crippen LogP contribution in [0.1, 0.15) is 37.2 Å². The van der Waals surface area contributed by atoms with Crippen LogP contribution in [0.4, 0.5) is 11.6 Å². The maximum atomic E-state index is 11.5. The summed E-state index contributed by atoms with van der Waals surface area (Å²) in [6, 6.07) is -0.617. The molecule has 0 saturated carbocycles. The molecule has 0 radical (unpaired) electrons. The van der Waals surface area contributed by atoms with Gasteiger partial charge in [0, 0.05) is 24.4 Å². The van der Waals surface area contributed by atoms with E-state index in [0.29, 0.717) is 23.6 Å². The van der Waals surface area contributed by atoms with Crippen LogP contribution in [0.25, 0.3) is 0 Å². The van der Waals surface area contributed by atoms with E-state index in [-0.39, 0.29) is 17.3 Å². The quantitative estimate of drug-likeness (QED) is 0.281. The molecule has 7 N–H and O–H groups in total. The molecule has 1 aromatic rings. The van der Waals surface area contributed by atoms with Crippen LogP contribution in [0.5, 0.6) is 0 Å². The van der Waals surface area contributed by atoms with Crippen molar-refractivity contribution in [2.24, 2.45) is 22.2 Å². The van der Waals surface area contributed by atoms with Crippen molar-refractivity contribution in [2.45, 2.75) is 32.7 Å². The molecule has 0 aliphatic heterocycles. The zero-order valence-corrected chi connectivity index (χ0v) is 14.5. The van der Waals surface area contributed by atoms with E-state index in [1.807, 2.05) is 6.92 Å². The summed E-state index contributed by atoms with van der Waals surface area (Å²) < 4.78 is 0. The average Bonchev–Trinajstić information content (AvgIpc) is 2.51. The van der Waals surface area contributed by atoms with Crippen LogP contribution in [-0.2, 0) is 17.4 Å². The fraction of sp³-hybridized carbons (Fsp3) is 0.357. The van der Waals surface area contributed by atoms with Gasteiger partial charge < -0.3 is 22.5 Å². The minimum Gasteiger partial charge on any atom is -0.402 e. The third kappa shape index (κ3) is 5.54. The second kappa shape index (κ2) is 8.87. The molecule has 0 aliphatic rings. The predicted octanol–water partition coefficient (Wildman–Crippen LogP) is -0.455. The first-order chi connectivity index (χ1) is 11.3. The molecule has 0 bridgehead atoms. The van der Waals surface area contributed by atoms with E-state index in [1.54, 1.807) is 13.0 Å². The Morgan fingerprint density at radius 2 is 2.04 bits per heavy atom. The van der Waals surface area contributed by atoms with E-state index in [4.69, 9.17) is 17.2 Å². The molecule has 0 aromatic carbocycles. The number of aliphatic imine (C=N–C) groups is 1. The van der Waals surface area contributed by atoms with Gasteiger partial charge >= 0.3 is 0 Å². The number of allylic oxidation sites excluding steroid dienone is 1. The Balaban J connectivity index is 3.25. The number of hydrogen-bond donors (Lipinski definition) is 4. The van der Waals surface area contributed by atoms with Crippen LogP contribution in [0, 0.1) is 0 Å². The van der Waals surface area contributed by atoms with E-state index in [9.17, 15) is 9.59 Å². The number of nitrogens with zero attached hydrogens (tertiary/aromatic N) is 3. The third-order valence-electron chi connectivity index (χ3n) is 3.02. The lowest BCUT2D eigenvalue weighted by atomic mass is 10.2. The first kappa shape index (κ1) is 19.4. The monoisotopic (exact) mass is 352 g/mol. The van der Waals surface area contributed by atoms with Crippen LogP contribution < -0.4 is 22.5 Å². The first-order valence-electron chi connectivity index (χ1n) is 7.27. The van der Waals surface area contributed by atoms with Crippen molar-refractivity contribution in [2.75, 3.05) is 5.32 Å². The van der Waals surface area contributed by atoms with Gasteiger partial charge in [0.1, 0.15) is 11.9 Å². The zero-order chi connectivity index (χ0) is 18.3. The van der Waals surface area contributed by atoms with Crippen molar-refractivity contribution in [3.05, 3.63) is 23.7 Å². The van der Waals surface area contributed by atoms with Crippen molar-refractivity contribution in [3.63, 3.8) is 0 Å². The van der Waals surface area contributed by atoms with Crippen LogP contribution in [0.3, 0.4) is 0 Å². The maximum Gasteiger partial charge on any atom is 0.271 e. The van der Waals surface area contributed by atoms with Gasteiger partial charge in [-0.05, 0) is 12.8 Å². The highest BCUT2D eigenvalue weighted by atomic mass is 32.1. The standard InChI is InChI=1S/C14H21N7O2S/c1-3-7(15)5-10(24)21-14-11(13(17)23)18-6-9(20-14)19-8(4-2)12(16)22/h5-6,8H,3-4,15H2,1-2H3,(H2,16,22)(H2,17,23)(H2,19,20,21,24)/p+1/t8-/m1/s1. The highest BCUT2D eigenvalue weighted by Gasteiger charge is 2.17. The fourth-order valence-electron chi connectivity index (χ4n) is 1.68. The highest BCUT2D eigenvalue weighted by molar-refractivity contribution is 7.78. The molecule has 0 saturated heterocycles. The van der Waals surface area contributed by atoms with Crippen molar-refractivity contribution in [3.8, 4) is 0 Å². The van der Waals surface area contributed by atoms with Gasteiger partial charge in [-0.3, -0.25) is 9.59 Å². The number of primary amides is 2. The van der Waals surface area contributed by atoms with Crippen LogP contribution >= 0.6 is 0 Å². The Kier molecular flexibility index (Phi) is 7.18. The van der Waals surface area contributed by atoms with E-state index in [1.165, 1.54) is 6.20 Å². The Morgan fingerprint density at radius 1 is 1.38 bits per heavy atom. The van der Waals surface area contributed by atoms with Gasteiger partial charge in [-0.2, -0.15) is 4.99 Å². The molecular formula is C14H22N7O2S+. The van der Waals surface area contributed by atoms with Crippen LogP contribution in [-0.4, -0.2) is 32.9 Å². The van der Waals surface area contributed by atoms with E-state index < -0.39 is 17.9 Å². The smallest absolute Gasteiger partial charge is 0.271 e. The Bertz CT molecular complexity index is 688. The molecule has 0 spiro atoms. The molecular weight excluding hydrogens is 330 g/mol. The Labute approximate surface area is 145 Å². The van der Waals surface area contributed by atoms with Gasteiger partial charge in [0.2, 0.25) is 11.0 Å². The van der Waals surface area contributed by atoms with Gasteiger partial charge in [0.25, 0.3) is 5.91 Å². The predicted molar refractivity (Wildman–Crippen MR) is 97.3 cm³/mol. The highest BCUT2D eigenvalue weighted by Crippen LogP contribution is 2.18. The number of nitrogens with one attached hydrogen (secondary N) is 1. The Morgan fingerprint density at radius 3 is 2.54 bits per heavy atom. The topological polar surface area (TPSA) is 162 Å². The number of carbonyl (C=O) groups is 2. The Hall–Kier alpha value is -2.62. The zero-order valence-electron chi connectivity index (χ0n) is 13.5. The van der Waals surface area contributed by atoms with Gasteiger partial charge in [-0.1, -0.05) is 13.8 Å². The van der Waals surface area contributed by atoms with Gasteiger partial charge in [0.05, 0.1) is 6.20 Å². The summed E-state index contributed by atoms with van der Waals surface area (Å²) in [5.41, 5.74) is 16.8. The summed E-state index contributed by atoms with van der Waals surface area (Å²) in [5.74, 6) is -1.06. The number of carbonyl (C=O) groups excluding carboxylic acids is 2. The molecule has 1 aromatic heterocycles. The average molecular weight is 352 g/mol. The molecule has 1 rings (SSSR count). The number of rotatable bonds is 8. The van der Waals surface area contributed by atoms with Crippen LogP contribution in [0.2, 0.25) is 0 Å². The summed E-state index contributed by atoms with van der Waals surface area (Å²) in [7, 11) is 0. The SMILES string of the molecule is CCC(N)=CC([SH2+])=Nc1nc(N[C@H](CC)C(N)=O)cnc1C(N)=O. The lowest BCUT2D eigenvalue weighted by molar-refractivity contribution is -0.118. The summed E-state index contributed by atoms with van der Waals surface area (Å²) in [4.78, 5) is 35.0. The van der Waals surface area contributed by atoms with Crippen molar-refractivity contribution in [1.29, 1.82) is 0 Å². The molecule has 130 valence electrons. The minimum absolute atomic E-state index is 0.00280. The van der Waals surface area contributed by atoms with E-state index in [0.717, 1.165) is 0 Å². The van der Waals surface area contributed by atoms with E-state index >= 15 is 0 Å². The van der Waals surface area contributed by atoms with Crippen molar-refractivity contribution >= 4 is 41.1 Å².